The first-order valence-electron chi connectivity index (χ1n) is 7.75. The van der Waals surface area contributed by atoms with Crippen molar-refractivity contribution in [3.05, 3.63) is 38.3 Å². The van der Waals surface area contributed by atoms with Crippen molar-refractivity contribution in [1.29, 1.82) is 0 Å². The number of hydrogen-bond acceptors (Lipinski definition) is 5. The minimum atomic E-state index is 0.173. The van der Waals surface area contributed by atoms with Crippen LogP contribution >= 0.6 is 27.3 Å². The lowest BCUT2D eigenvalue weighted by atomic mass is 10.1. The average molecular weight is 394 g/mol. The highest BCUT2D eigenvalue weighted by Gasteiger charge is 2.34. The molecule has 2 aromatic rings. The van der Waals surface area contributed by atoms with Crippen molar-refractivity contribution in [3.63, 3.8) is 0 Å². The molecule has 0 atom stereocenters. The summed E-state index contributed by atoms with van der Waals surface area (Å²) in [5, 5.41) is 8.74. The Morgan fingerprint density at radius 3 is 2.87 bits per heavy atom. The lowest BCUT2D eigenvalue weighted by molar-refractivity contribution is 0.0707. The Balaban J connectivity index is 1.47. The van der Waals surface area contributed by atoms with Gasteiger partial charge in [-0.1, -0.05) is 24.2 Å². The molecule has 0 saturated heterocycles. The molecular formula is C16H16BrN3O2S. The second-order valence-corrected chi connectivity index (χ2v) is 8.27. The van der Waals surface area contributed by atoms with Crippen LogP contribution in [-0.2, 0) is 13.2 Å². The molecule has 1 aromatic carbocycles. The number of hydrogen-bond donors (Lipinski definition) is 0. The van der Waals surface area contributed by atoms with E-state index in [1.54, 1.807) is 0 Å². The largest absolute Gasteiger partial charge is 0.486 e. The van der Waals surface area contributed by atoms with E-state index in [9.17, 15) is 4.79 Å². The van der Waals surface area contributed by atoms with Crippen molar-refractivity contribution in [2.75, 3.05) is 0 Å². The predicted octanol–water partition coefficient (Wildman–Crippen LogP) is 3.78. The van der Waals surface area contributed by atoms with Crippen molar-refractivity contribution in [2.45, 2.75) is 44.9 Å². The molecule has 7 heteroatoms. The fraction of sp³-hybridized carbons (Fsp3) is 0.438. The van der Waals surface area contributed by atoms with Crippen molar-refractivity contribution >= 4 is 33.2 Å². The van der Waals surface area contributed by atoms with Crippen LogP contribution in [0.25, 0.3) is 0 Å². The van der Waals surface area contributed by atoms with E-state index >= 15 is 0 Å². The second-order valence-electron chi connectivity index (χ2n) is 5.93. The van der Waals surface area contributed by atoms with Gasteiger partial charge < -0.3 is 9.64 Å². The fourth-order valence-electron chi connectivity index (χ4n) is 3.36. The Labute approximate surface area is 146 Å². The molecule has 0 unspecified atom stereocenters. The molecule has 23 heavy (non-hydrogen) atoms. The highest BCUT2D eigenvalue weighted by molar-refractivity contribution is 9.11. The quantitative estimate of drug-likeness (QED) is 0.792. The van der Waals surface area contributed by atoms with Crippen LogP contribution < -0.4 is 4.74 Å². The highest BCUT2D eigenvalue weighted by atomic mass is 79.9. The first-order valence-corrected chi connectivity index (χ1v) is 9.36. The molecule has 1 aliphatic carbocycles. The number of fused-ring (bicyclic) bond motifs is 1. The third-order valence-corrected chi connectivity index (χ3v) is 5.81. The van der Waals surface area contributed by atoms with Crippen molar-refractivity contribution in [3.8, 4) is 5.75 Å². The third kappa shape index (κ3) is 2.99. The molecule has 1 aromatic heterocycles. The summed E-state index contributed by atoms with van der Waals surface area (Å²) in [4.78, 5) is 14.6. The Kier molecular flexibility index (Phi) is 4.07. The number of ether oxygens (including phenoxy) is 1. The molecule has 1 saturated carbocycles. The summed E-state index contributed by atoms with van der Waals surface area (Å²) in [6.45, 7) is 1.10. The minimum absolute atomic E-state index is 0.173. The van der Waals surface area contributed by atoms with Gasteiger partial charge in [-0.3, -0.25) is 4.79 Å². The average Bonchev–Trinajstić information content (AvgIpc) is 3.26. The van der Waals surface area contributed by atoms with Crippen molar-refractivity contribution in [2.24, 2.45) is 0 Å². The van der Waals surface area contributed by atoms with Gasteiger partial charge in [-0.15, -0.1) is 10.2 Å². The summed E-state index contributed by atoms with van der Waals surface area (Å²) >= 11 is 4.75. The molecule has 2 aliphatic rings. The van der Waals surface area contributed by atoms with Crippen LogP contribution in [0.4, 0.5) is 0 Å². The van der Waals surface area contributed by atoms with Gasteiger partial charge in [-0.2, -0.15) is 0 Å². The molecule has 1 amide bonds. The first kappa shape index (κ1) is 15.1. The van der Waals surface area contributed by atoms with E-state index in [2.05, 4.69) is 26.1 Å². The van der Waals surface area contributed by atoms with E-state index in [-0.39, 0.29) is 5.91 Å². The van der Waals surface area contributed by atoms with Crippen molar-refractivity contribution < 1.29 is 9.53 Å². The maximum atomic E-state index is 12.5. The number of halogens is 1. The van der Waals surface area contributed by atoms with Gasteiger partial charge in [0.25, 0.3) is 5.91 Å². The number of nitrogens with zero attached hydrogens (tertiary/aromatic N) is 3. The molecule has 4 rings (SSSR count). The van der Waals surface area contributed by atoms with Gasteiger partial charge in [0.05, 0.1) is 0 Å². The van der Waals surface area contributed by atoms with Crippen LogP contribution in [0.15, 0.2) is 22.1 Å². The first-order chi connectivity index (χ1) is 11.2. The van der Waals surface area contributed by atoms with Gasteiger partial charge in [-0.25, -0.2) is 0 Å². The standard InChI is InChI=1S/C16H16BrN3O2S/c17-16-19-18-14(23-16)9-22-12-5-6-13-10(7-12)8-20(15(13)21)11-3-1-2-4-11/h5-7,11H,1-4,8-9H2. The van der Waals surface area contributed by atoms with Crippen LogP contribution in [0, 0.1) is 0 Å². The zero-order chi connectivity index (χ0) is 15.8. The maximum Gasteiger partial charge on any atom is 0.254 e. The predicted molar refractivity (Wildman–Crippen MR) is 90.5 cm³/mol. The summed E-state index contributed by atoms with van der Waals surface area (Å²) in [7, 11) is 0. The van der Waals surface area contributed by atoms with E-state index in [1.807, 2.05) is 23.1 Å². The van der Waals surface area contributed by atoms with Gasteiger partial charge in [0.1, 0.15) is 12.4 Å². The van der Waals surface area contributed by atoms with E-state index in [4.69, 9.17) is 4.74 Å². The van der Waals surface area contributed by atoms with Crippen LogP contribution in [0.2, 0.25) is 0 Å². The van der Waals surface area contributed by atoms with Gasteiger partial charge in [0.15, 0.2) is 8.92 Å². The van der Waals surface area contributed by atoms with Gasteiger partial charge >= 0.3 is 0 Å². The minimum Gasteiger partial charge on any atom is -0.486 e. The van der Waals surface area contributed by atoms with E-state index in [1.165, 1.54) is 24.2 Å². The van der Waals surface area contributed by atoms with E-state index < -0.39 is 0 Å². The van der Waals surface area contributed by atoms with E-state index in [0.29, 0.717) is 19.2 Å². The van der Waals surface area contributed by atoms with Crippen LogP contribution in [0.1, 0.15) is 46.6 Å². The number of rotatable bonds is 4. The molecule has 1 fully saturated rings. The Morgan fingerprint density at radius 2 is 2.13 bits per heavy atom. The SMILES string of the molecule is O=C1c2ccc(OCc3nnc(Br)s3)cc2CN1C1CCCC1. The summed E-state index contributed by atoms with van der Waals surface area (Å²) in [6.07, 6.45) is 4.73. The maximum absolute atomic E-state index is 12.5. The number of carbonyl (C=O) groups is 1. The molecule has 0 spiro atoms. The highest BCUT2D eigenvalue weighted by Crippen LogP contribution is 2.33. The van der Waals surface area contributed by atoms with Crippen LogP contribution in [0.5, 0.6) is 5.75 Å². The van der Waals surface area contributed by atoms with Crippen LogP contribution in [-0.4, -0.2) is 27.0 Å². The van der Waals surface area contributed by atoms with Crippen LogP contribution in [0.3, 0.4) is 0 Å². The molecule has 5 nitrogen and oxygen atoms in total. The molecule has 0 N–H and O–H groups in total. The molecule has 120 valence electrons. The summed E-state index contributed by atoms with van der Waals surface area (Å²) < 4.78 is 6.54. The molecule has 1 aliphatic heterocycles. The van der Waals surface area contributed by atoms with Gasteiger partial charge in [-0.05, 0) is 52.5 Å². The Morgan fingerprint density at radius 1 is 1.30 bits per heavy atom. The summed E-state index contributed by atoms with van der Waals surface area (Å²) in [5.41, 5.74) is 1.89. The molecule has 2 heterocycles. The van der Waals surface area contributed by atoms with E-state index in [0.717, 1.165) is 38.6 Å². The zero-order valence-corrected chi connectivity index (χ0v) is 14.9. The molecular weight excluding hydrogens is 378 g/mol. The lowest BCUT2D eigenvalue weighted by Gasteiger charge is -2.23. The van der Waals surface area contributed by atoms with Crippen molar-refractivity contribution in [1.82, 2.24) is 15.1 Å². The fourth-order valence-corrected chi connectivity index (χ4v) is 4.47. The Hall–Kier alpha value is -1.47. The number of benzene rings is 1. The topological polar surface area (TPSA) is 55.3 Å². The van der Waals surface area contributed by atoms with Gasteiger partial charge in [0.2, 0.25) is 0 Å². The Bertz CT molecular complexity index is 743. The lowest BCUT2D eigenvalue weighted by Crippen LogP contribution is -2.33. The molecule has 0 bridgehead atoms. The molecule has 0 radical (unpaired) electrons. The normalized spacial score (nSPS) is 17.8. The van der Waals surface area contributed by atoms with Gasteiger partial charge in [0, 0.05) is 18.2 Å². The number of carbonyl (C=O) groups excluding carboxylic acids is 1. The summed E-state index contributed by atoms with van der Waals surface area (Å²) in [5.74, 6) is 0.947. The number of aromatic nitrogens is 2. The number of amides is 1. The second kappa shape index (κ2) is 6.20. The monoisotopic (exact) mass is 393 g/mol. The third-order valence-electron chi connectivity index (χ3n) is 4.48. The smallest absolute Gasteiger partial charge is 0.254 e. The summed E-state index contributed by atoms with van der Waals surface area (Å²) in [6, 6.07) is 6.15. The zero-order valence-electron chi connectivity index (χ0n) is 12.5.